The number of nitrogens with one attached hydrogen (secondary N) is 1. The van der Waals surface area contributed by atoms with Crippen LogP contribution in [0.15, 0.2) is 18.2 Å². The number of halogens is 3. The van der Waals surface area contributed by atoms with Gasteiger partial charge in [-0.1, -0.05) is 6.07 Å². The van der Waals surface area contributed by atoms with Crippen LogP contribution in [0, 0.1) is 6.92 Å². The molecule has 1 aliphatic heterocycles. The molecule has 0 unspecified atom stereocenters. The molecule has 1 aromatic rings. The molecule has 1 aromatic carbocycles. The average Bonchev–Trinajstić information content (AvgIpc) is 2.97. The Morgan fingerprint density at radius 3 is 2.58 bits per heavy atom. The first-order chi connectivity index (χ1) is 11.2. The van der Waals surface area contributed by atoms with Gasteiger partial charge in [0, 0.05) is 11.3 Å². The van der Waals surface area contributed by atoms with Crippen LogP contribution in [-0.4, -0.2) is 42.0 Å². The summed E-state index contributed by atoms with van der Waals surface area (Å²) in [5, 5.41) is 11.4. The number of anilines is 1. The number of alkyl halides is 3. The van der Waals surface area contributed by atoms with Gasteiger partial charge in [-0.05, 0) is 31.9 Å². The van der Waals surface area contributed by atoms with E-state index in [1.807, 2.05) is 0 Å². The number of aliphatic carboxylic acids is 1. The molecule has 1 heterocycles. The van der Waals surface area contributed by atoms with E-state index >= 15 is 0 Å². The minimum Gasteiger partial charge on any atom is -0.484 e. The number of ether oxygens (including phenoxy) is 2. The summed E-state index contributed by atoms with van der Waals surface area (Å²) in [7, 11) is 0. The van der Waals surface area contributed by atoms with Gasteiger partial charge in [0.25, 0.3) is 5.91 Å². The third kappa shape index (κ3) is 4.60. The van der Waals surface area contributed by atoms with Crippen LogP contribution < -0.4 is 10.1 Å². The van der Waals surface area contributed by atoms with Crippen molar-refractivity contribution in [3.63, 3.8) is 0 Å². The van der Waals surface area contributed by atoms with Crippen molar-refractivity contribution in [3.05, 3.63) is 23.8 Å². The standard InChI is InChI=1S/C15H16F3NO5/c1-8-9(3-2-4-10(8)23-7-15(16,17)18)19-13(20)11-5-6-12(24-11)14(21)22/h2-4,11-12H,5-7H2,1H3,(H,19,20)(H,21,22)/t11-,12+/m0/s1. The second-order valence-electron chi connectivity index (χ2n) is 5.35. The zero-order valence-corrected chi connectivity index (χ0v) is 12.7. The molecule has 0 spiro atoms. The molecule has 0 saturated carbocycles. The Balaban J connectivity index is 2.02. The molecule has 1 aliphatic rings. The molecule has 0 aromatic heterocycles. The normalized spacial score (nSPS) is 20.7. The molecule has 0 radical (unpaired) electrons. The van der Waals surface area contributed by atoms with Crippen molar-refractivity contribution in [3.8, 4) is 5.75 Å². The monoisotopic (exact) mass is 347 g/mol. The van der Waals surface area contributed by atoms with Crippen molar-refractivity contribution in [2.24, 2.45) is 0 Å². The minimum atomic E-state index is -4.46. The second kappa shape index (κ2) is 7.08. The third-order valence-electron chi connectivity index (χ3n) is 3.52. The van der Waals surface area contributed by atoms with E-state index in [-0.39, 0.29) is 24.3 Å². The Morgan fingerprint density at radius 2 is 2.00 bits per heavy atom. The summed E-state index contributed by atoms with van der Waals surface area (Å²) < 4.78 is 46.5. The number of carboxylic acids is 1. The molecule has 2 N–H and O–H groups in total. The molecule has 2 rings (SSSR count). The maximum atomic E-state index is 12.2. The predicted molar refractivity (Wildman–Crippen MR) is 76.9 cm³/mol. The van der Waals surface area contributed by atoms with Crippen LogP contribution in [0.2, 0.25) is 0 Å². The number of benzene rings is 1. The molecule has 1 amide bonds. The first-order valence-electron chi connectivity index (χ1n) is 7.15. The van der Waals surface area contributed by atoms with Crippen LogP contribution in [0.4, 0.5) is 18.9 Å². The molecular weight excluding hydrogens is 331 g/mol. The zero-order valence-electron chi connectivity index (χ0n) is 12.7. The SMILES string of the molecule is Cc1c(NC(=O)[C@@H]2CC[C@H](C(=O)O)O2)cccc1OCC(F)(F)F. The number of hydrogen-bond acceptors (Lipinski definition) is 4. The van der Waals surface area contributed by atoms with E-state index in [0.717, 1.165) is 0 Å². The van der Waals surface area contributed by atoms with Crippen molar-refractivity contribution >= 4 is 17.6 Å². The average molecular weight is 347 g/mol. The van der Waals surface area contributed by atoms with E-state index in [0.29, 0.717) is 5.56 Å². The fraction of sp³-hybridized carbons (Fsp3) is 0.467. The van der Waals surface area contributed by atoms with Crippen molar-refractivity contribution in [2.45, 2.75) is 38.1 Å². The van der Waals surface area contributed by atoms with Gasteiger partial charge < -0.3 is 19.9 Å². The number of carboxylic acid groups (broad SMARTS) is 1. The van der Waals surface area contributed by atoms with Crippen LogP contribution in [-0.2, 0) is 14.3 Å². The molecule has 6 nitrogen and oxygen atoms in total. The molecule has 2 atom stereocenters. The van der Waals surface area contributed by atoms with Gasteiger partial charge in [-0.3, -0.25) is 4.79 Å². The minimum absolute atomic E-state index is 0.000813. The van der Waals surface area contributed by atoms with Crippen LogP contribution in [0.5, 0.6) is 5.75 Å². The van der Waals surface area contributed by atoms with Crippen molar-refractivity contribution in [2.75, 3.05) is 11.9 Å². The van der Waals surface area contributed by atoms with Crippen LogP contribution in [0.3, 0.4) is 0 Å². The molecule has 9 heteroatoms. The van der Waals surface area contributed by atoms with Gasteiger partial charge in [0.15, 0.2) is 12.7 Å². The summed E-state index contributed by atoms with van der Waals surface area (Å²) >= 11 is 0. The Kier molecular flexibility index (Phi) is 5.33. The number of rotatable bonds is 5. The highest BCUT2D eigenvalue weighted by Gasteiger charge is 2.35. The maximum absolute atomic E-state index is 12.2. The van der Waals surface area contributed by atoms with Gasteiger partial charge in [0.2, 0.25) is 0 Å². The van der Waals surface area contributed by atoms with E-state index in [2.05, 4.69) is 5.32 Å². The molecule has 132 valence electrons. The largest absolute Gasteiger partial charge is 0.484 e. The van der Waals surface area contributed by atoms with Crippen LogP contribution in [0.1, 0.15) is 18.4 Å². The maximum Gasteiger partial charge on any atom is 0.422 e. The highest BCUT2D eigenvalue weighted by Crippen LogP contribution is 2.28. The molecule has 0 aliphatic carbocycles. The summed E-state index contributed by atoms with van der Waals surface area (Å²) in [6.07, 6.45) is -5.92. The summed E-state index contributed by atoms with van der Waals surface area (Å²) in [4.78, 5) is 22.9. The van der Waals surface area contributed by atoms with Gasteiger partial charge >= 0.3 is 12.1 Å². The molecule has 1 saturated heterocycles. The second-order valence-corrected chi connectivity index (χ2v) is 5.35. The summed E-state index contributed by atoms with van der Waals surface area (Å²) in [6, 6.07) is 4.32. The van der Waals surface area contributed by atoms with E-state index in [1.165, 1.54) is 25.1 Å². The summed E-state index contributed by atoms with van der Waals surface area (Å²) in [5.41, 5.74) is 0.616. The number of hydrogen-bond donors (Lipinski definition) is 2. The molecule has 1 fully saturated rings. The van der Waals surface area contributed by atoms with Gasteiger partial charge in [-0.25, -0.2) is 4.79 Å². The Bertz CT molecular complexity index is 632. The van der Waals surface area contributed by atoms with Crippen LogP contribution >= 0.6 is 0 Å². The highest BCUT2D eigenvalue weighted by atomic mass is 19.4. The van der Waals surface area contributed by atoms with E-state index in [1.54, 1.807) is 0 Å². The van der Waals surface area contributed by atoms with E-state index in [4.69, 9.17) is 14.6 Å². The lowest BCUT2D eigenvalue weighted by molar-refractivity contribution is -0.153. The van der Waals surface area contributed by atoms with Gasteiger partial charge in [0.05, 0.1) is 0 Å². The third-order valence-corrected chi connectivity index (χ3v) is 3.52. The zero-order chi connectivity index (χ0) is 17.9. The highest BCUT2D eigenvalue weighted by molar-refractivity contribution is 5.95. The number of amides is 1. The lowest BCUT2D eigenvalue weighted by Crippen LogP contribution is -2.30. The molecule has 24 heavy (non-hydrogen) atoms. The quantitative estimate of drug-likeness (QED) is 0.855. The fourth-order valence-corrected chi connectivity index (χ4v) is 2.29. The van der Waals surface area contributed by atoms with Gasteiger partial charge in [0.1, 0.15) is 11.9 Å². The van der Waals surface area contributed by atoms with E-state index < -0.39 is 36.9 Å². The lowest BCUT2D eigenvalue weighted by Gasteiger charge is -2.16. The van der Waals surface area contributed by atoms with Crippen LogP contribution in [0.25, 0.3) is 0 Å². The lowest BCUT2D eigenvalue weighted by atomic mass is 10.1. The molecule has 0 bridgehead atoms. The Hall–Kier alpha value is -2.29. The van der Waals surface area contributed by atoms with Crippen molar-refractivity contribution in [1.29, 1.82) is 0 Å². The smallest absolute Gasteiger partial charge is 0.422 e. The molecular formula is C15H16F3NO5. The Morgan fingerprint density at radius 1 is 1.33 bits per heavy atom. The topological polar surface area (TPSA) is 84.9 Å². The van der Waals surface area contributed by atoms with Gasteiger partial charge in [-0.15, -0.1) is 0 Å². The van der Waals surface area contributed by atoms with Gasteiger partial charge in [-0.2, -0.15) is 13.2 Å². The number of carbonyl (C=O) groups is 2. The number of carbonyl (C=O) groups excluding carboxylic acids is 1. The van der Waals surface area contributed by atoms with Crippen molar-refractivity contribution in [1.82, 2.24) is 0 Å². The first-order valence-corrected chi connectivity index (χ1v) is 7.15. The Labute approximate surface area is 135 Å². The summed E-state index contributed by atoms with van der Waals surface area (Å²) in [6.45, 7) is 0.0775. The first kappa shape index (κ1) is 18.1. The van der Waals surface area contributed by atoms with E-state index in [9.17, 15) is 22.8 Å². The predicted octanol–water partition coefficient (Wildman–Crippen LogP) is 2.51. The fourth-order valence-electron chi connectivity index (χ4n) is 2.29. The summed E-state index contributed by atoms with van der Waals surface area (Å²) in [5.74, 6) is -1.68. The van der Waals surface area contributed by atoms with Crippen molar-refractivity contribution < 1.29 is 37.3 Å².